The van der Waals surface area contributed by atoms with Crippen LogP contribution >= 0.6 is 35.7 Å². The maximum Gasteiger partial charge on any atom is 0.191 e. The molecule has 5 heteroatoms. The van der Waals surface area contributed by atoms with E-state index in [9.17, 15) is 0 Å². The number of hydrogen-bond acceptors (Lipinski definition) is 2. The molecule has 132 valence electrons. The van der Waals surface area contributed by atoms with Crippen molar-refractivity contribution < 1.29 is 0 Å². The SMILES string of the molecule is CCNC(=NCCCCSC)NC(C)CCc1ccccc1.I. The topological polar surface area (TPSA) is 36.4 Å². The van der Waals surface area contributed by atoms with Crippen LogP contribution in [-0.4, -0.2) is 37.1 Å². The van der Waals surface area contributed by atoms with Gasteiger partial charge >= 0.3 is 0 Å². The van der Waals surface area contributed by atoms with E-state index in [2.05, 4.69) is 66.1 Å². The van der Waals surface area contributed by atoms with Gasteiger partial charge in [-0.3, -0.25) is 4.99 Å². The lowest BCUT2D eigenvalue weighted by atomic mass is 10.1. The highest BCUT2D eigenvalue weighted by Gasteiger charge is 2.05. The Morgan fingerprint density at radius 3 is 2.61 bits per heavy atom. The summed E-state index contributed by atoms with van der Waals surface area (Å²) in [7, 11) is 0. The average molecular weight is 449 g/mol. The fourth-order valence-electron chi connectivity index (χ4n) is 2.20. The van der Waals surface area contributed by atoms with Crippen LogP contribution in [0.15, 0.2) is 35.3 Å². The summed E-state index contributed by atoms with van der Waals surface area (Å²) in [5.74, 6) is 2.18. The van der Waals surface area contributed by atoms with Crippen LogP contribution < -0.4 is 10.6 Å². The quantitative estimate of drug-likeness (QED) is 0.242. The summed E-state index contributed by atoms with van der Waals surface area (Å²) in [6.45, 7) is 6.15. The number of guanidine groups is 1. The Kier molecular flexibility index (Phi) is 14.8. The zero-order valence-electron chi connectivity index (χ0n) is 14.7. The van der Waals surface area contributed by atoms with Gasteiger partial charge in [-0.2, -0.15) is 11.8 Å². The number of aliphatic imine (C=N–C) groups is 1. The second kappa shape index (κ2) is 15.1. The van der Waals surface area contributed by atoms with Gasteiger partial charge in [0.25, 0.3) is 0 Å². The summed E-state index contributed by atoms with van der Waals surface area (Å²) in [6.07, 6.45) is 6.77. The Morgan fingerprint density at radius 2 is 1.96 bits per heavy atom. The first kappa shape index (κ1) is 22.6. The van der Waals surface area contributed by atoms with Crippen LogP contribution in [-0.2, 0) is 6.42 Å². The molecule has 0 aliphatic heterocycles. The van der Waals surface area contributed by atoms with Crippen LogP contribution in [0.5, 0.6) is 0 Å². The number of benzene rings is 1. The largest absolute Gasteiger partial charge is 0.357 e. The number of aryl methyl sites for hydroxylation is 1. The van der Waals surface area contributed by atoms with Gasteiger partial charge in [-0.05, 0) is 57.1 Å². The lowest BCUT2D eigenvalue weighted by Gasteiger charge is -2.18. The summed E-state index contributed by atoms with van der Waals surface area (Å²) in [4.78, 5) is 4.67. The third-order valence-electron chi connectivity index (χ3n) is 3.46. The molecule has 1 rings (SSSR count). The van der Waals surface area contributed by atoms with Crippen LogP contribution in [0.4, 0.5) is 0 Å². The van der Waals surface area contributed by atoms with E-state index < -0.39 is 0 Å². The first-order chi connectivity index (χ1) is 10.8. The minimum absolute atomic E-state index is 0. The van der Waals surface area contributed by atoms with Gasteiger partial charge in [0, 0.05) is 19.1 Å². The van der Waals surface area contributed by atoms with Crippen molar-refractivity contribution in [3.8, 4) is 0 Å². The van der Waals surface area contributed by atoms with Gasteiger partial charge in [0.2, 0.25) is 0 Å². The molecule has 1 aromatic rings. The van der Waals surface area contributed by atoms with Gasteiger partial charge in [-0.25, -0.2) is 0 Å². The van der Waals surface area contributed by atoms with E-state index in [1.807, 2.05) is 11.8 Å². The minimum Gasteiger partial charge on any atom is -0.357 e. The van der Waals surface area contributed by atoms with Crippen molar-refractivity contribution in [2.24, 2.45) is 4.99 Å². The molecule has 0 saturated heterocycles. The number of rotatable bonds is 10. The summed E-state index contributed by atoms with van der Waals surface area (Å²) in [6, 6.07) is 11.1. The van der Waals surface area contributed by atoms with Crippen molar-refractivity contribution in [3.63, 3.8) is 0 Å². The smallest absolute Gasteiger partial charge is 0.191 e. The van der Waals surface area contributed by atoms with Crippen molar-refractivity contribution in [2.45, 2.75) is 45.6 Å². The van der Waals surface area contributed by atoms with Crippen molar-refractivity contribution in [2.75, 3.05) is 25.1 Å². The molecule has 23 heavy (non-hydrogen) atoms. The molecule has 1 unspecified atom stereocenters. The molecule has 1 atom stereocenters. The standard InChI is InChI=1S/C18H31N3S.HI/c1-4-19-18(20-14-8-9-15-22-3)21-16(2)12-13-17-10-6-5-7-11-17;/h5-7,10-11,16H,4,8-9,12-15H2,1-3H3,(H2,19,20,21);1H. The lowest BCUT2D eigenvalue weighted by Crippen LogP contribution is -2.42. The van der Waals surface area contributed by atoms with Crippen LogP contribution in [0, 0.1) is 0 Å². The number of hydrogen-bond donors (Lipinski definition) is 2. The Labute approximate surface area is 163 Å². The Morgan fingerprint density at radius 1 is 1.22 bits per heavy atom. The lowest BCUT2D eigenvalue weighted by molar-refractivity contribution is 0.592. The fraction of sp³-hybridized carbons (Fsp3) is 0.611. The zero-order chi connectivity index (χ0) is 16.0. The second-order valence-corrected chi connectivity index (χ2v) is 6.52. The monoisotopic (exact) mass is 449 g/mol. The predicted octanol–water partition coefficient (Wildman–Crippen LogP) is 4.32. The summed E-state index contributed by atoms with van der Waals surface area (Å²) in [5.41, 5.74) is 1.40. The minimum atomic E-state index is 0. The van der Waals surface area contributed by atoms with Crippen molar-refractivity contribution >= 4 is 41.7 Å². The number of unbranched alkanes of at least 4 members (excludes halogenated alkanes) is 1. The summed E-state index contributed by atoms with van der Waals surface area (Å²) in [5, 5.41) is 6.85. The molecular formula is C18H32IN3S. The molecule has 0 aromatic heterocycles. The van der Waals surface area contributed by atoms with Gasteiger partial charge in [0.15, 0.2) is 5.96 Å². The van der Waals surface area contributed by atoms with Crippen molar-refractivity contribution in [1.82, 2.24) is 10.6 Å². The molecule has 3 nitrogen and oxygen atoms in total. The molecule has 0 spiro atoms. The van der Waals surface area contributed by atoms with Gasteiger partial charge in [0.1, 0.15) is 0 Å². The summed E-state index contributed by atoms with van der Waals surface area (Å²) >= 11 is 1.91. The Balaban J connectivity index is 0.00000484. The molecule has 0 aliphatic rings. The summed E-state index contributed by atoms with van der Waals surface area (Å²) < 4.78 is 0. The van der Waals surface area contributed by atoms with Crippen molar-refractivity contribution in [1.29, 1.82) is 0 Å². The normalized spacial score (nSPS) is 12.4. The van der Waals surface area contributed by atoms with Gasteiger partial charge in [0.05, 0.1) is 0 Å². The fourth-order valence-corrected chi connectivity index (χ4v) is 2.70. The third kappa shape index (κ3) is 11.7. The molecule has 0 amide bonds. The van der Waals surface area contributed by atoms with E-state index in [1.54, 1.807) is 0 Å². The highest BCUT2D eigenvalue weighted by atomic mass is 127. The average Bonchev–Trinajstić information content (AvgIpc) is 2.54. The van der Waals surface area contributed by atoms with Crippen molar-refractivity contribution in [3.05, 3.63) is 35.9 Å². The van der Waals surface area contributed by atoms with Crippen LogP contribution in [0.1, 0.15) is 38.7 Å². The van der Waals surface area contributed by atoms with Gasteiger partial charge in [-0.1, -0.05) is 30.3 Å². The zero-order valence-corrected chi connectivity index (χ0v) is 17.8. The third-order valence-corrected chi connectivity index (χ3v) is 4.16. The van der Waals surface area contributed by atoms with Crippen LogP contribution in [0.2, 0.25) is 0 Å². The Hall–Kier alpha value is -0.430. The van der Waals surface area contributed by atoms with E-state index >= 15 is 0 Å². The number of nitrogens with zero attached hydrogens (tertiary/aromatic N) is 1. The first-order valence-corrected chi connectivity index (χ1v) is 9.73. The second-order valence-electron chi connectivity index (χ2n) is 5.53. The highest BCUT2D eigenvalue weighted by molar-refractivity contribution is 14.0. The molecule has 0 aliphatic carbocycles. The van der Waals surface area contributed by atoms with E-state index in [0.717, 1.165) is 38.3 Å². The number of thioether (sulfide) groups is 1. The molecular weight excluding hydrogens is 417 g/mol. The Bertz CT molecular complexity index is 412. The maximum absolute atomic E-state index is 4.67. The van der Waals surface area contributed by atoms with E-state index in [-0.39, 0.29) is 24.0 Å². The molecule has 2 N–H and O–H groups in total. The molecule has 0 saturated carbocycles. The maximum atomic E-state index is 4.67. The van der Waals surface area contributed by atoms with Gasteiger partial charge < -0.3 is 10.6 Å². The molecule has 0 bridgehead atoms. The van der Waals surface area contributed by atoms with Crippen LogP contribution in [0.25, 0.3) is 0 Å². The van der Waals surface area contributed by atoms with E-state index in [1.165, 1.54) is 17.7 Å². The first-order valence-electron chi connectivity index (χ1n) is 8.34. The molecule has 1 aromatic carbocycles. The predicted molar refractivity (Wildman–Crippen MR) is 116 cm³/mol. The molecule has 0 radical (unpaired) electrons. The number of halogens is 1. The van der Waals surface area contributed by atoms with E-state index in [0.29, 0.717) is 6.04 Å². The van der Waals surface area contributed by atoms with E-state index in [4.69, 9.17) is 0 Å². The molecule has 0 fully saturated rings. The molecule has 0 heterocycles. The van der Waals surface area contributed by atoms with Crippen LogP contribution in [0.3, 0.4) is 0 Å². The number of nitrogens with one attached hydrogen (secondary N) is 2. The highest BCUT2D eigenvalue weighted by Crippen LogP contribution is 2.05. The van der Waals surface area contributed by atoms with Gasteiger partial charge in [-0.15, -0.1) is 24.0 Å².